The number of hydrogen-bond donors (Lipinski definition) is 1. The molecule has 0 aliphatic carbocycles. The molecule has 1 aliphatic heterocycles. The highest BCUT2D eigenvalue weighted by Gasteiger charge is 2.15. The molecule has 1 unspecified atom stereocenters. The molecule has 0 radical (unpaired) electrons. The molecule has 0 aromatic rings. The lowest BCUT2D eigenvalue weighted by atomic mass is 10.1. The Bertz CT molecular complexity index is 147. The highest BCUT2D eigenvalue weighted by atomic mass is 15.1. The summed E-state index contributed by atoms with van der Waals surface area (Å²) < 4.78 is 0. The SMILES string of the molecule is CN(C)CCCCN1CCCC(N)C1. The normalized spacial score (nSPS) is 24.4. The van der Waals surface area contributed by atoms with Gasteiger partial charge < -0.3 is 15.5 Å². The van der Waals surface area contributed by atoms with E-state index in [9.17, 15) is 0 Å². The second-order valence-corrected chi connectivity index (χ2v) is 4.71. The molecule has 1 fully saturated rings. The largest absolute Gasteiger partial charge is 0.327 e. The summed E-state index contributed by atoms with van der Waals surface area (Å²) >= 11 is 0. The van der Waals surface area contributed by atoms with E-state index in [1.165, 1.54) is 45.3 Å². The smallest absolute Gasteiger partial charge is 0.0168 e. The molecule has 3 heteroatoms. The first-order chi connectivity index (χ1) is 6.68. The molecule has 1 rings (SSSR count). The van der Waals surface area contributed by atoms with E-state index in [1.807, 2.05) is 0 Å². The highest BCUT2D eigenvalue weighted by Crippen LogP contribution is 2.08. The van der Waals surface area contributed by atoms with Crippen molar-refractivity contribution in [2.24, 2.45) is 5.73 Å². The third-order valence-electron chi connectivity index (χ3n) is 2.87. The van der Waals surface area contributed by atoms with Gasteiger partial charge in [-0.05, 0) is 59.4 Å². The molecule has 14 heavy (non-hydrogen) atoms. The van der Waals surface area contributed by atoms with Crippen molar-refractivity contribution in [2.45, 2.75) is 31.7 Å². The molecule has 1 heterocycles. The molecule has 84 valence electrons. The van der Waals surface area contributed by atoms with E-state index in [0.29, 0.717) is 6.04 Å². The maximum absolute atomic E-state index is 5.93. The van der Waals surface area contributed by atoms with Crippen molar-refractivity contribution in [2.75, 3.05) is 40.3 Å². The van der Waals surface area contributed by atoms with Crippen LogP contribution in [0.1, 0.15) is 25.7 Å². The standard InChI is InChI=1S/C11H25N3/c1-13(2)7-3-4-8-14-9-5-6-11(12)10-14/h11H,3-10,12H2,1-2H3. The summed E-state index contributed by atoms with van der Waals surface area (Å²) in [6, 6.07) is 0.428. The first kappa shape index (κ1) is 12.0. The van der Waals surface area contributed by atoms with Crippen LogP contribution in [-0.2, 0) is 0 Å². The van der Waals surface area contributed by atoms with Gasteiger partial charge in [0.2, 0.25) is 0 Å². The quantitative estimate of drug-likeness (QED) is 0.663. The average molecular weight is 199 g/mol. The Hall–Kier alpha value is -0.120. The zero-order chi connectivity index (χ0) is 10.4. The van der Waals surface area contributed by atoms with E-state index >= 15 is 0 Å². The summed E-state index contributed by atoms with van der Waals surface area (Å²) in [5.74, 6) is 0. The fourth-order valence-electron chi connectivity index (χ4n) is 2.06. The van der Waals surface area contributed by atoms with Crippen LogP contribution in [0.5, 0.6) is 0 Å². The van der Waals surface area contributed by atoms with Crippen LogP contribution in [0.25, 0.3) is 0 Å². The van der Waals surface area contributed by atoms with E-state index in [0.717, 1.165) is 6.54 Å². The summed E-state index contributed by atoms with van der Waals surface area (Å²) in [6.07, 6.45) is 5.12. The van der Waals surface area contributed by atoms with E-state index in [4.69, 9.17) is 5.73 Å². The maximum atomic E-state index is 5.93. The fourth-order valence-corrected chi connectivity index (χ4v) is 2.06. The van der Waals surface area contributed by atoms with E-state index in [-0.39, 0.29) is 0 Å². The van der Waals surface area contributed by atoms with Crippen molar-refractivity contribution < 1.29 is 0 Å². The second-order valence-electron chi connectivity index (χ2n) is 4.71. The van der Waals surface area contributed by atoms with Crippen LogP contribution in [0.4, 0.5) is 0 Å². The lowest BCUT2D eigenvalue weighted by Crippen LogP contribution is -2.43. The second kappa shape index (κ2) is 6.38. The van der Waals surface area contributed by atoms with Crippen LogP contribution in [0, 0.1) is 0 Å². The zero-order valence-electron chi connectivity index (χ0n) is 9.71. The lowest BCUT2D eigenvalue weighted by molar-refractivity contribution is 0.203. The Labute approximate surface area is 88.2 Å². The number of likely N-dealkylation sites (tertiary alicyclic amines) is 1. The Balaban J connectivity index is 2.00. The Kier molecular flexibility index (Phi) is 5.45. The Morgan fingerprint density at radius 3 is 2.79 bits per heavy atom. The summed E-state index contributed by atoms with van der Waals surface area (Å²) in [4.78, 5) is 4.77. The summed E-state index contributed by atoms with van der Waals surface area (Å²) in [5.41, 5.74) is 5.93. The molecule has 0 spiro atoms. The molecular weight excluding hydrogens is 174 g/mol. The Morgan fingerprint density at radius 2 is 2.14 bits per heavy atom. The third-order valence-corrected chi connectivity index (χ3v) is 2.87. The number of unbranched alkanes of at least 4 members (excludes halogenated alkanes) is 1. The van der Waals surface area contributed by atoms with Gasteiger partial charge in [-0.15, -0.1) is 0 Å². The topological polar surface area (TPSA) is 32.5 Å². The van der Waals surface area contributed by atoms with Crippen LogP contribution in [0.3, 0.4) is 0 Å². The molecule has 2 N–H and O–H groups in total. The van der Waals surface area contributed by atoms with Crippen LogP contribution in [0.2, 0.25) is 0 Å². The number of nitrogens with two attached hydrogens (primary N) is 1. The van der Waals surface area contributed by atoms with E-state index < -0.39 is 0 Å². The van der Waals surface area contributed by atoms with Gasteiger partial charge in [-0.25, -0.2) is 0 Å². The number of piperidine rings is 1. The molecule has 1 atom stereocenters. The molecule has 1 aliphatic rings. The van der Waals surface area contributed by atoms with E-state index in [2.05, 4.69) is 23.9 Å². The molecular formula is C11H25N3. The summed E-state index contributed by atoms with van der Waals surface area (Å²) in [6.45, 7) is 4.82. The molecule has 0 aromatic carbocycles. The van der Waals surface area contributed by atoms with Gasteiger partial charge in [0, 0.05) is 12.6 Å². The predicted octanol–water partition coefficient (Wildman–Crippen LogP) is 0.751. The zero-order valence-corrected chi connectivity index (χ0v) is 9.71. The van der Waals surface area contributed by atoms with Gasteiger partial charge in [0.1, 0.15) is 0 Å². The summed E-state index contributed by atoms with van der Waals surface area (Å²) in [7, 11) is 4.27. The first-order valence-corrected chi connectivity index (χ1v) is 5.81. The molecule has 1 saturated heterocycles. The molecule has 3 nitrogen and oxygen atoms in total. The number of rotatable bonds is 5. The van der Waals surface area contributed by atoms with Crippen LogP contribution >= 0.6 is 0 Å². The van der Waals surface area contributed by atoms with Crippen molar-refractivity contribution >= 4 is 0 Å². The van der Waals surface area contributed by atoms with Crippen LogP contribution < -0.4 is 5.73 Å². The molecule has 0 saturated carbocycles. The minimum atomic E-state index is 0.428. The van der Waals surface area contributed by atoms with Crippen molar-refractivity contribution in [1.29, 1.82) is 0 Å². The monoisotopic (exact) mass is 199 g/mol. The molecule has 0 amide bonds. The third kappa shape index (κ3) is 4.94. The predicted molar refractivity (Wildman–Crippen MR) is 61.4 cm³/mol. The molecule has 0 aromatic heterocycles. The van der Waals surface area contributed by atoms with Gasteiger partial charge in [-0.1, -0.05) is 0 Å². The summed E-state index contributed by atoms with van der Waals surface area (Å²) in [5, 5.41) is 0. The molecule has 0 bridgehead atoms. The van der Waals surface area contributed by atoms with Gasteiger partial charge in [-0.3, -0.25) is 0 Å². The van der Waals surface area contributed by atoms with E-state index in [1.54, 1.807) is 0 Å². The first-order valence-electron chi connectivity index (χ1n) is 5.81. The van der Waals surface area contributed by atoms with Crippen LogP contribution in [0.15, 0.2) is 0 Å². The Morgan fingerprint density at radius 1 is 1.36 bits per heavy atom. The lowest BCUT2D eigenvalue weighted by Gasteiger charge is -2.30. The van der Waals surface area contributed by atoms with Crippen molar-refractivity contribution in [3.8, 4) is 0 Å². The number of nitrogens with zero attached hydrogens (tertiary/aromatic N) is 2. The van der Waals surface area contributed by atoms with Gasteiger partial charge in [0.05, 0.1) is 0 Å². The van der Waals surface area contributed by atoms with Crippen LogP contribution in [-0.4, -0.2) is 56.1 Å². The van der Waals surface area contributed by atoms with Crippen molar-refractivity contribution in [3.05, 3.63) is 0 Å². The van der Waals surface area contributed by atoms with Gasteiger partial charge >= 0.3 is 0 Å². The fraction of sp³-hybridized carbons (Fsp3) is 1.00. The van der Waals surface area contributed by atoms with Crippen molar-refractivity contribution in [1.82, 2.24) is 9.80 Å². The average Bonchev–Trinajstić information content (AvgIpc) is 2.12. The highest BCUT2D eigenvalue weighted by molar-refractivity contribution is 4.74. The van der Waals surface area contributed by atoms with Crippen molar-refractivity contribution in [3.63, 3.8) is 0 Å². The minimum Gasteiger partial charge on any atom is -0.327 e. The van der Waals surface area contributed by atoms with Gasteiger partial charge in [-0.2, -0.15) is 0 Å². The van der Waals surface area contributed by atoms with Gasteiger partial charge in [0.25, 0.3) is 0 Å². The maximum Gasteiger partial charge on any atom is 0.0168 e. The van der Waals surface area contributed by atoms with Gasteiger partial charge in [0.15, 0.2) is 0 Å². The minimum absolute atomic E-state index is 0.428. The number of hydrogen-bond acceptors (Lipinski definition) is 3.